The van der Waals surface area contributed by atoms with Crippen LogP contribution in [0.2, 0.25) is 0 Å². The third kappa shape index (κ3) is 7.26. The summed E-state index contributed by atoms with van der Waals surface area (Å²) in [6.07, 6.45) is -0.966. The van der Waals surface area contributed by atoms with Crippen molar-refractivity contribution in [3.8, 4) is 0 Å². The zero-order valence-corrected chi connectivity index (χ0v) is 26.4. The molecule has 11 nitrogen and oxygen atoms in total. The Hall–Kier alpha value is -4.47. The average molecular weight is 668 g/mol. The van der Waals surface area contributed by atoms with Gasteiger partial charge in [0.25, 0.3) is 5.91 Å². The number of carbonyl (C=O) groups is 3. The van der Waals surface area contributed by atoms with Crippen molar-refractivity contribution in [1.82, 2.24) is 25.2 Å². The first-order valence-electron chi connectivity index (χ1n) is 15.1. The van der Waals surface area contributed by atoms with Gasteiger partial charge in [0.1, 0.15) is 17.2 Å². The van der Waals surface area contributed by atoms with Crippen molar-refractivity contribution in [3.63, 3.8) is 0 Å². The maximum Gasteiger partial charge on any atom is 0.433 e. The van der Waals surface area contributed by atoms with Gasteiger partial charge in [0.05, 0.1) is 20.8 Å². The number of nitrogens with zero attached hydrogens (tertiary/aromatic N) is 5. The molecule has 3 aromatic heterocycles. The number of likely N-dealkylation sites (tertiary alicyclic amines) is 1. The molecule has 2 saturated heterocycles. The van der Waals surface area contributed by atoms with Gasteiger partial charge in [-0.1, -0.05) is 12.1 Å². The SMILES string of the molecule is CC(C)(O)c1cc2nc(C3CCN(Cc4ccc(N5CCC(=O)NC5=O)nc4)CC3)sc2cc1NC(=O)c1cccc(C(F)(F)F)n1. The third-order valence-electron chi connectivity index (χ3n) is 8.21. The fraction of sp³-hybridized carbons (Fsp3) is 0.375. The molecule has 2 aliphatic rings. The quantitative estimate of drug-likeness (QED) is 0.238. The summed E-state index contributed by atoms with van der Waals surface area (Å²) in [6.45, 7) is 5.78. The Labute approximate surface area is 271 Å². The lowest BCUT2D eigenvalue weighted by molar-refractivity contribution is -0.141. The van der Waals surface area contributed by atoms with Gasteiger partial charge in [-0.3, -0.25) is 24.7 Å². The lowest BCUT2D eigenvalue weighted by Gasteiger charge is -2.31. The molecule has 47 heavy (non-hydrogen) atoms. The largest absolute Gasteiger partial charge is 0.433 e. The highest BCUT2D eigenvalue weighted by atomic mass is 32.1. The first-order chi connectivity index (χ1) is 22.2. The van der Waals surface area contributed by atoms with E-state index >= 15 is 0 Å². The van der Waals surface area contributed by atoms with Gasteiger partial charge in [-0.05, 0) is 75.7 Å². The lowest BCUT2D eigenvalue weighted by atomic mass is 9.95. The molecule has 0 unspecified atom stereocenters. The van der Waals surface area contributed by atoms with E-state index in [9.17, 15) is 32.7 Å². The lowest BCUT2D eigenvalue weighted by Crippen LogP contribution is -2.49. The number of pyridine rings is 2. The monoisotopic (exact) mass is 667 g/mol. The van der Waals surface area contributed by atoms with Crippen molar-refractivity contribution in [2.24, 2.45) is 0 Å². The van der Waals surface area contributed by atoms with E-state index in [1.165, 1.54) is 22.3 Å². The van der Waals surface area contributed by atoms with Crippen LogP contribution in [0.1, 0.15) is 71.3 Å². The molecular weight excluding hydrogens is 635 g/mol. The number of amides is 4. The molecule has 5 heterocycles. The topological polar surface area (TPSA) is 141 Å². The van der Waals surface area contributed by atoms with Crippen LogP contribution in [0.4, 0.5) is 29.5 Å². The van der Waals surface area contributed by atoms with Crippen molar-refractivity contribution >= 4 is 50.9 Å². The molecule has 0 atom stereocenters. The van der Waals surface area contributed by atoms with Gasteiger partial charge in [0.15, 0.2) is 0 Å². The number of benzene rings is 1. The van der Waals surface area contributed by atoms with Crippen LogP contribution in [0, 0.1) is 0 Å². The number of urea groups is 1. The highest BCUT2D eigenvalue weighted by Gasteiger charge is 2.33. The third-order valence-corrected chi connectivity index (χ3v) is 9.39. The number of fused-ring (bicyclic) bond motifs is 1. The van der Waals surface area contributed by atoms with E-state index < -0.39 is 35.1 Å². The van der Waals surface area contributed by atoms with E-state index in [2.05, 4.69) is 25.5 Å². The maximum atomic E-state index is 13.2. The summed E-state index contributed by atoms with van der Waals surface area (Å²) in [5.41, 5.74) is -0.609. The van der Waals surface area contributed by atoms with E-state index in [4.69, 9.17) is 4.98 Å². The number of thiazole rings is 1. The average Bonchev–Trinajstić information content (AvgIpc) is 3.44. The first-order valence-corrected chi connectivity index (χ1v) is 15.9. The molecule has 2 fully saturated rings. The molecule has 0 spiro atoms. The van der Waals surface area contributed by atoms with Gasteiger partial charge in [-0.2, -0.15) is 13.2 Å². The summed E-state index contributed by atoms with van der Waals surface area (Å²) >= 11 is 1.49. The van der Waals surface area contributed by atoms with E-state index in [0.717, 1.165) is 53.3 Å². The molecule has 15 heteroatoms. The standard InChI is InChI=1S/C32H32F3N7O4S/c1-31(2,46)20-14-23-24(15-22(20)38-28(44)21-4-3-5-25(37-21)32(33,34)35)47-29(39-23)19-8-11-41(12-9-19)17-18-6-7-26(36-16-18)42-13-10-27(43)40-30(42)45/h3-7,14-16,19,46H,8-13,17H2,1-2H3,(H,38,44)(H,40,43,45). The number of rotatable bonds is 7. The summed E-state index contributed by atoms with van der Waals surface area (Å²) < 4.78 is 40.3. The van der Waals surface area contributed by atoms with E-state index in [0.29, 0.717) is 30.0 Å². The number of aromatic nitrogens is 3. The predicted molar refractivity (Wildman–Crippen MR) is 169 cm³/mol. The smallest absolute Gasteiger partial charge is 0.386 e. The molecule has 2 aliphatic heterocycles. The minimum absolute atomic E-state index is 0.211. The summed E-state index contributed by atoms with van der Waals surface area (Å²) in [5, 5.41) is 16.8. The van der Waals surface area contributed by atoms with E-state index in [1.54, 1.807) is 38.2 Å². The van der Waals surface area contributed by atoms with Crippen LogP contribution >= 0.6 is 11.3 Å². The van der Waals surface area contributed by atoms with Gasteiger partial charge in [-0.25, -0.2) is 19.7 Å². The molecule has 4 amide bonds. The number of alkyl halides is 3. The van der Waals surface area contributed by atoms with Crippen molar-refractivity contribution in [3.05, 3.63) is 76.2 Å². The van der Waals surface area contributed by atoms with Crippen LogP contribution in [-0.4, -0.2) is 62.4 Å². The van der Waals surface area contributed by atoms with Crippen LogP contribution < -0.4 is 15.5 Å². The molecule has 0 aliphatic carbocycles. The number of carbonyl (C=O) groups excluding carboxylic acids is 3. The fourth-order valence-electron chi connectivity index (χ4n) is 5.73. The normalized spacial score (nSPS) is 16.9. The van der Waals surface area contributed by atoms with Gasteiger partial charge in [-0.15, -0.1) is 11.3 Å². The van der Waals surface area contributed by atoms with Crippen LogP contribution in [0.25, 0.3) is 10.2 Å². The number of aliphatic hydroxyl groups is 1. The molecular formula is C32H32F3N7O4S. The Morgan fingerprint density at radius 2 is 1.85 bits per heavy atom. The minimum atomic E-state index is -4.69. The number of anilines is 2. The van der Waals surface area contributed by atoms with Crippen LogP contribution in [0.3, 0.4) is 0 Å². The zero-order valence-electron chi connectivity index (χ0n) is 25.6. The fourth-order valence-corrected chi connectivity index (χ4v) is 6.89. The Kier molecular flexibility index (Phi) is 8.72. The highest BCUT2D eigenvalue weighted by Crippen LogP contribution is 2.39. The second-order valence-corrected chi connectivity index (χ2v) is 13.2. The number of piperidine rings is 1. The number of hydrogen-bond donors (Lipinski definition) is 3. The molecule has 1 aromatic carbocycles. The Morgan fingerprint density at radius 3 is 2.51 bits per heavy atom. The Balaban J connectivity index is 1.12. The number of nitrogens with one attached hydrogen (secondary N) is 2. The van der Waals surface area contributed by atoms with Crippen LogP contribution in [0.5, 0.6) is 0 Å². The second kappa shape index (κ2) is 12.6. The number of halogens is 3. The van der Waals surface area contributed by atoms with Crippen molar-refractivity contribution < 1.29 is 32.7 Å². The predicted octanol–water partition coefficient (Wildman–Crippen LogP) is 5.41. The van der Waals surface area contributed by atoms with Crippen LogP contribution in [0.15, 0.2) is 48.7 Å². The molecule has 0 radical (unpaired) electrons. The molecule has 246 valence electrons. The van der Waals surface area contributed by atoms with Crippen molar-refractivity contribution in [2.45, 2.75) is 57.3 Å². The molecule has 3 N–H and O–H groups in total. The highest BCUT2D eigenvalue weighted by molar-refractivity contribution is 7.18. The van der Waals surface area contributed by atoms with Gasteiger partial charge in [0, 0.05) is 42.9 Å². The number of imide groups is 1. The molecule has 6 rings (SSSR count). The Bertz CT molecular complexity index is 1830. The zero-order chi connectivity index (χ0) is 33.5. The summed E-state index contributed by atoms with van der Waals surface area (Å²) in [7, 11) is 0. The number of hydrogen-bond acceptors (Lipinski definition) is 9. The van der Waals surface area contributed by atoms with E-state index in [-0.39, 0.29) is 23.9 Å². The molecule has 0 saturated carbocycles. The molecule has 4 aromatic rings. The summed E-state index contributed by atoms with van der Waals surface area (Å²) in [5.74, 6) is -0.408. The van der Waals surface area contributed by atoms with Gasteiger partial charge in [0.2, 0.25) is 5.91 Å². The maximum absolute atomic E-state index is 13.2. The van der Waals surface area contributed by atoms with Crippen molar-refractivity contribution in [1.29, 1.82) is 0 Å². The summed E-state index contributed by atoms with van der Waals surface area (Å²) in [4.78, 5) is 53.0. The van der Waals surface area contributed by atoms with Gasteiger partial charge >= 0.3 is 12.2 Å². The van der Waals surface area contributed by atoms with Crippen molar-refractivity contribution in [2.75, 3.05) is 29.9 Å². The Morgan fingerprint density at radius 1 is 1.09 bits per heavy atom. The van der Waals surface area contributed by atoms with E-state index in [1.807, 2.05) is 6.07 Å². The van der Waals surface area contributed by atoms with Gasteiger partial charge < -0.3 is 10.4 Å². The first kappa shape index (κ1) is 32.5. The van der Waals surface area contributed by atoms with Crippen LogP contribution in [-0.2, 0) is 23.1 Å². The minimum Gasteiger partial charge on any atom is -0.386 e. The molecule has 0 bridgehead atoms. The second-order valence-electron chi connectivity index (χ2n) is 12.2. The summed E-state index contributed by atoms with van der Waals surface area (Å²) in [6, 6.07) is 9.79.